The van der Waals surface area contributed by atoms with E-state index in [1.54, 1.807) is 37.4 Å². The zero-order valence-electron chi connectivity index (χ0n) is 18.3. The minimum Gasteiger partial charge on any atom is -0.322 e. The number of nitrogens with zero attached hydrogens (tertiary/aromatic N) is 1. The fourth-order valence-corrected chi connectivity index (χ4v) is 4.49. The van der Waals surface area contributed by atoms with E-state index in [4.69, 9.17) is 11.6 Å². The highest BCUT2D eigenvalue weighted by Gasteiger charge is 2.19. The van der Waals surface area contributed by atoms with Crippen molar-refractivity contribution in [3.63, 3.8) is 0 Å². The van der Waals surface area contributed by atoms with E-state index in [0.717, 1.165) is 6.26 Å². The standard InChI is InChI=1S/C26H20ClFN2O3S/c1-16-13-17(28)6-9-20(16)22-15-19(34(2,32)33)8-10-21(22)26(31)30-18-7-11-24(27)23(14-18)25-5-3-4-12-29-25/h3-15H,1-2H3,(H,30,31). The minimum absolute atomic E-state index is 0.0618. The zero-order valence-corrected chi connectivity index (χ0v) is 19.9. The van der Waals surface area contributed by atoms with Gasteiger partial charge < -0.3 is 5.32 Å². The highest BCUT2D eigenvalue weighted by molar-refractivity contribution is 7.90. The van der Waals surface area contributed by atoms with E-state index in [9.17, 15) is 17.6 Å². The fraction of sp³-hybridized carbons (Fsp3) is 0.0769. The summed E-state index contributed by atoms with van der Waals surface area (Å²) in [6.45, 7) is 1.70. The number of aromatic nitrogens is 1. The number of nitrogens with one attached hydrogen (secondary N) is 1. The van der Waals surface area contributed by atoms with Crippen molar-refractivity contribution in [3.8, 4) is 22.4 Å². The third kappa shape index (κ3) is 5.00. The highest BCUT2D eigenvalue weighted by Crippen LogP contribution is 2.32. The molecular formula is C26H20ClFN2O3S. The molecule has 0 fully saturated rings. The molecule has 4 aromatic rings. The lowest BCUT2D eigenvalue weighted by molar-refractivity contribution is 0.102. The topological polar surface area (TPSA) is 76.1 Å². The molecule has 1 heterocycles. The quantitative estimate of drug-likeness (QED) is 0.360. The molecule has 1 aromatic heterocycles. The number of amides is 1. The summed E-state index contributed by atoms with van der Waals surface area (Å²) in [5, 5.41) is 3.33. The Labute approximate surface area is 202 Å². The molecule has 0 spiro atoms. The van der Waals surface area contributed by atoms with Gasteiger partial charge in [-0.05, 0) is 84.3 Å². The third-order valence-corrected chi connectivity index (χ3v) is 6.75. The summed E-state index contributed by atoms with van der Waals surface area (Å²) in [6, 6.07) is 18.9. The summed E-state index contributed by atoms with van der Waals surface area (Å²) in [7, 11) is -3.52. The molecule has 0 aliphatic carbocycles. The average Bonchev–Trinajstić information content (AvgIpc) is 2.80. The second kappa shape index (κ2) is 9.37. The van der Waals surface area contributed by atoms with Gasteiger partial charge in [0.2, 0.25) is 0 Å². The van der Waals surface area contributed by atoms with Crippen molar-refractivity contribution >= 4 is 33.0 Å². The number of halogens is 2. The van der Waals surface area contributed by atoms with E-state index in [2.05, 4.69) is 10.3 Å². The molecule has 5 nitrogen and oxygen atoms in total. The summed E-state index contributed by atoms with van der Waals surface area (Å²) >= 11 is 6.34. The number of carbonyl (C=O) groups excluding carboxylic acids is 1. The van der Waals surface area contributed by atoms with Crippen molar-refractivity contribution in [2.45, 2.75) is 11.8 Å². The summed E-state index contributed by atoms with van der Waals surface area (Å²) in [6.07, 6.45) is 2.74. The number of pyridine rings is 1. The fourth-order valence-electron chi connectivity index (χ4n) is 3.62. The van der Waals surface area contributed by atoms with Gasteiger partial charge in [0, 0.05) is 29.3 Å². The summed E-state index contributed by atoms with van der Waals surface area (Å²) in [5.74, 6) is -0.872. The first-order valence-corrected chi connectivity index (χ1v) is 12.5. The molecule has 0 unspecified atom stereocenters. The number of sulfone groups is 1. The second-order valence-electron chi connectivity index (χ2n) is 7.80. The molecular weight excluding hydrogens is 475 g/mol. The number of hydrogen-bond acceptors (Lipinski definition) is 4. The average molecular weight is 495 g/mol. The van der Waals surface area contributed by atoms with Crippen LogP contribution >= 0.6 is 11.6 Å². The van der Waals surface area contributed by atoms with Crippen LogP contribution < -0.4 is 5.32 Å². The Kier molecular flexibility index (Phi) is 6.50. The van der Waals surface area contributed by atoms with Gasteiger partial charge in [-0.2, -0.15) is 0 Å². The van der Waals surface area contributed by atoms with Crippen LogP contribution in [0.4, 0.5) is 10.1 Å². The molecule has 1 amide bonds. The Balaban J connectivity index is 1.77. The summed E-state index contributed by atoms with van der Waals surface area (Å²) in [5.41, 5.74) is 3.56. The second-order valence-corrected chi connectivity index (χ2v) is 10.2. The van der Waals surface area contributed by atoms with Crippen LogP contribution in [0.5, 0.6) is 0 Å². The van der Waals surface area contributed by atoms with Gasteiger partial charge in [-0.1, -0.05) is 23.7 Å². The molecule has 0 saturated carbocycles. The van der Waals surface area contributed by atoms with E-state index in [1.807, 2.05) is 12.1 Å². The van der Waals surface area contributed by atoms with Crippen LogP contribution in [-0.2, 0) is 9.84 Å². The van der Waals surface area contributed by atoms with Crippen molar-refractivity contribution < 1.29 is 17.6 Å². The molecule has 0 aliphatic heterocycles. The van der Waals surface area contributed by atoms with Crippen molar-refractivity contribution in [2.24, 2.45) is 0 Å². The van der Waals surface area contributed by atoms with Crippen molar-refractivity contribution in [2.75, 3.05) is 11.6 Å². The first kappa shape index (κ1) is 23.6. The Morgan fingerprint density at radius 1 is 0.941 bits per heavy atom. The molecule has 0 bridgehead atoms. The lowest BCUT2D eigenvalue weighted by Gasteiger charge is -2.15. The Morgan fingerprint density at radius 2 is 1.74 bits per heavy atom. The number of aryl methyl sites for hydroxylation is 1. The number of anilines is 1. The number of hydrogen-bond donors (Lipinski definition) is 1. The number of carbonyl (C=O) groups is 1. The normalized spacial score (nSPS) is 11.3. The van der Waals surface area contributed by atoms with Crippen LogP contribution in [0.1, 0.15) is 15.9 Å². The van der Waals surface area contributed by atoms with Crippen molar-refractivity contribution in [1.82, 2.24) is 4.98 Å². The molecule has 172 valence electrons. The predicted molar refractivity (Wildman–Crippen MR) is 132 cm³/mol. The first-order valence-electron chi connectivity index (χ1n) is 10.3. The number of benzene rings is 3. The van der Waals surface area contributed by atoms with E-state index < -0.39 is 21.6 Å². The molecule has 0 saturated heterocycles. The Bertz CT molecular complexity index is 1510. The van der Waals surface area contributed by atoms with Gasteiger partial charge >= 0.3 is 0 Å². The smallest absolute Gasteiger partial charge is 0.256 e. The van der Waals surface area contributed by atoms with Crippen molar-refractivity contribution in [3.05, 3.63) is 101 Å². The van der Waals surface area contributed by atoms with E-state index in [-0.39, 0.29) is 10.5 Å². The molecule has 3 aromatic carbocycles. The van der Waals surface area contributed by atoms with Crippen LogP contribution in [0, 0.1) is 12.7 Å². The molecule has 0 atom stereocenters. The van der Waals surface area contributed by atoms with Crippen LogP contribution in [0.15, 0.2) is 83.9 Å². The van der Waals surface area contributed by atoms with Crippen LogP contribution in [-0.4, -0.2) is 25.6 Å². The minimum atomic E-state index is -3.52. The Morgan fingerprint density at radius 3 is 2.41 bits per heavy atom. The van der Waals surface area contributed by atoms with Gasteiger partial charge in [-0.3, -0.25) is 9.78 Å². The zero-order chi connectivity index (χ0) is 24.5. The SMILES string of the molecule is Cc1cc(F)ccc1-c1cc(S(C)(=O)=O)ccc1C(=O)Nc1ccc(Cl)c(-c2ccccn2)c1. The van der Waals surface area contributed by atoms with Gasteiger partial charge in [0.1, 0.15) is 5.82 Å². The van der Waals surface area contributed by atoms with Gasteiger partial charge in [0.15, 0.2) is 9.84 Å². The Hall–Kier alpha value is -3.55. The lowest BCUT2D eigenvalue weighted by Crippen LogP contribution is -2.14. The van der Waals surface area contributed by atoms with Gasteiger partial charge in [-0.25, -0.2) is 12.8 Å². The maximum atomic E-state index is 13.7. The van der Waals surface area contributed by atoms with Gasteiger partial charge in [0.05, 0.1) is 15.6 Å². The molecule has 0 aliphatic rings. The van der Waals surface area contributed by atoms with E-state index in [0.29, 0.717) is 38.7 Å². The lowest BCUT2D eigenvalue weighted by atomic mass is 9.95. The van der Waals surface area contributed by atoms with Crippen LogP contribution in [0.3, 0.4) is 0 Å². The molecule has 4 rings (SSSR count). The maximum Gasteiger partial charge on any atom is 0.256 e. The monoisotopic (exact) mass is 494 g/mol. The number of rotatable bonds is 5. The van der Waals surface area contributed by atoms with Gasteiger partial charge in [0.25, 0.3) is 5.91 Å². The van der Waals surface area contributed by atoms with Crippen LogP contribution in [0.2, 0.25) is 5.02 Å². The maximum absolute atomic E-state index is 13.7. The van der Waals surface area contributed by atoms with E-state index >= 15 is 0 Å². The van der Waals surface area contributed by atoms with Crippen LogP contribution in [0.25, 0.3) is 22.4 Å². The molecule has 0 radical (unpaired) electrons. The molecule has 8 heteroatoms. The summed E-state index contributed by atoms with van der Waals surface area (Å²) < 4.78 is 38.0. The highest BCUT2D eigenvalue weighted by atomic mass is 35.5. The largest absolute Gasteiger partial charge is 0.322 e. The van der Waals surface area contributed by atoms with E-state index in [1.165, 1.54) is 36.4 Å². The summed E-state index contributed by atoms with van der Waals surface area (Å²) in [4.78, 5) is 17.7. The van der Waals surface area contributed by atoms with Gasteiger partial charge in [-0.15, -0.1) is 0 Å². The first-order chi connectivity index (χ1) is 16.1. The van der Waals surface area contributed by atoms with Crippen molar-refractivity contribution in [1.29, 1.82) is 0 Å². The third-order valence-electron chi connectivity index (χ3n) is 5.31. The predicted octanol–water partition coefficient (Wildman–Crippen LogP) is 6.17. The molecule has 1 N–H and O–H groups in total. The molecule has 34 heavy (non-hydrogen) atoms.